The molecule has 0 heterocycles. The lowest BCUT2D eigenvalue weighted by atomic mass is 10.1. The Morgan fingerprint density at radius 1 is 1.13 bits per heavy atom. The summed E-state index contributed by atoms with van der Waals surface area (Å²) in [6.45, 7) is 0. The van der Waals surface area contributed by atoms with Crippen LogP contribution in [0.1, 0.15) is 5.56 Å². The summed E-state index contributed by atoms with van der Waals surface area (Å²) in [5.41, 5.74) is 0.328. The van der Waals surface area contributed by atoms with Gasteiger partial charge >= 0.3 is 5.97 Å². The van der Waals surface area contributed by atoms with E-state index in [4.69, 9.17) is 16.7 Å². The maximum absolute atomic E-state index is 10.7. The molecule has 2 N–H and O–H groups in total. The number of carbonyl (C=O) groups excluding carboxylic acids is 1. The van der Waals surface area contributed by atoms with Crippen LogP contribution in [-0.4, -0.2) is 22.0 Å². The number of hydrogen-bond donors (Lipinski definition) is 2. The predicted molar refractivity (Wildman–Crippen MR) is 54.7 cm³/mol. The van der Waals surface area contributed by atoms with Crippen molar-refractivity contribution in [2.24, 2.45) is 0 Å². The molecule has 0 atom stereocenters. The summed E-state index contributed by atoms with van der Waals surface area (Å²) >= 11 is 5.61. The molecular weight excluding hydrogens is 220 g/mol. The maximum atomic E-state index is 10.7. The average Bonchev–Trinajstić information content (AvgIpc) is 2.18. The SMILES string of the molecule is O=C(O)C(=O)C=C(O)c1ccc(Cl)cc1. The summed E-state index contributed by atoms with van der Waals surface area (Å²) < 4.78 is 0. The van der Waals surface area contributed by atoms with Gasteiger partial charge in [0.25, 0.3) is 5.78 Å². The second-order valence-corrected chi connectivity index (χ2v) is 3.14. The lowest BCUT2D eigenvalue weighted by Crippen LogP contribution is -2.09. The Balaban J connectivity index is 2.94. The third-order valence-corrected chi connectivity index (χ3v) is 1.87. The van der Waals surface area contributed by atoms with Crippen molar-refractivity contribution in [3.63, 3.8) is 0 Å². The zero-order chi connectivity index (χ0) is 11.4. The van der Waals surface area contributed by atoms with Gasteiger partial charge in [0.1, 0.15) is 5.76 Å². The van der Waals surface area contributed by atoms with Gasteiger partial charge in [0.2, 0.25) is 0 Å². The van der Waals surface area contributed by atoms with E-state index in [-0.39, 0.29) is 0 Å². The van der Waals surface area contributed by atoms with E-state index < -0.39 is 17.5 Å². The Bertz CT molecular complexity index is 420. The van der Waals surface area contributed by atoms with E-state index in [1.807, 2.05) is 0 Å². The Morgan fingerprint density at radius 2 is 1.67 bits per heavy atom. The summed E-state index contributed by atoms with van der Waals surface area (Å²) in [6.07, 6.45) is 0.644. The van der Waals surface area contributed by atoms with Crippen molar-refractivity contribution < 1.29 is 19.8 Å². The molecule has 0 bridgehead atoms. The molecule has 15 heavy (non-hydrogen) atoms. The molecule has 1 rings (SSSR count). The first kappa shape index (κ1) is 11.3. The number of carboxylic acid groups (broad SMARTS) is 1. The van der Waals surface area contributed by atoms with Crippen molar-refractivity contribution >= 4 is 29.1 Å². The van der Waals surface area contributed by atoms with Crippen molar-refractivity contribution in [2.45, 2.75) is 0 Å². The maximum Gasteiger partial charge on any atom is 0.376 e. The monoisotopic (exact) mass is 226 g/mol. The number of hydrogen-bond acceptors (Lipinski definition) is 3. The number of halogens is 1. The molecule has 0 saturated heterocycles. The standard InChI is InChI=1S/C10H7ClO4/c11-7-3-1-6(2-4-7)8(12)5-9(13)10(14)15/h1-5,12H,(H,14,15). The highest BCUT2D eigenvalue weighted by Crippen LogP contribution is 2.15. The van der Waals surface area contributed by atoms with Crippen LogP contribution in [0.2, 0.25) is 5.02 Å². The molecule has 0 radical (unpaired) electrons. The Kier molecular flexibility index (Phi) is 3.46. The Hall–Kier alpha value is -1.81. The quantitative estimate of drug-likeness (QED) is 0.469. The molecular formula is C10H7ClO4. The first-order chi connectivity index (χ1) is 7.00. The zero-order valence-electron chi connectivity index (χ0n) is 7.48. The van der Waals surface area contributed by atoms with Crippen LogP contribution in [0.5, 0.6) is 0 Å². The third kappa shape index (κ3) is 3.11. The highest BCUT2D eigenvalue weighted by Gasteiger charge is 2.10. The molecule has 1 aromatic rings. The highest BCUT2D eigenvalue weighted by molar-refractivity contribution is 6.38. The van der Waals surface area contributed by atoms with E-state index in [2.05, 4.69) is 0 Å². The molecule has 78 valence electrons. The van der Waals surface area contributed by atoms with Crippen molar-refractivity contribution in [1.29, 1.82) is 0 Å². The van der Waals surface area contributed by atoms with Gasteiger partial charge in [-0.2, -0.15) is 0 Å². The smallest absolute Gasteiger partial charge is 0.376 e. The van der Waals surface area contributed by atoms with Crippen LogP contribution >= 0.6 is 11.6 Å². The fraction of sp³-hybridized carbons (Fsp3) is 0. The number of benzene rings is 1. The molecule has 0 unspecified atom stereocenters. The molecule has 5 heteroatoms. The van der Waals surface area contributed by atoms with E-state index in [0.29, 0.717) is 16.7 Å². The number of ketones is 1. The van der Waals surface area contributed by atoms with Crippen LogP contribution in [0.25, 0.3) is 5.76 Å². The van der Waals surface area contributed by atoms with Gasteiger partial charge in [0.05, 0.1) is 0 Å². The van der Waals surface area contributed by atoms with Crippen LogP contribution in [0.15, 0.2) is 30.3 Å². The van der Waals surface area contributed by atoms with E-state index in [9.17, 15) is 14.7 Å². The molecule has 0 saturated carbocycles. The zero-order valence-corrected chi connectivity index (χ0v) is 8.23. The number of aliphatic hydroxyl groups excluding tert-OH is 1. The minimum atomic E-state index is -1.62. The van der Waals surface area contributed by atoms with Crippen LogP contribution in [-0.2, 0) is 9.59 Å². The molecule has 0 fully saturated rings. The van der Waals surface area contributed by atoms with Gasteiger partial charge in [-0.25, -0.2) is 4.79 Å². The van der Waals surface area contributed by atoms with Crippen molar-refractivity contribution in [3.8, 4) is 0 Å². The molecule has 0 aliphatic carbocycles. The number of rotatable bonds is 3. The number of aliphatic hydroxyl groups is 1. The topological polar surface area (TPSA) is 74.6 Å². The molecule has 1 aromatic carbocycles. The van der Waals surface area contributed by atoms with Crippen LogP contribution in [0.4, 0.5) is 0 Å². The molecule has 0 spiro atoms. The minimum absolute atomic E-state index is 0.328. The number of carbonyl (C=O) groups is 2. The predicted octanol–water partition coefficient (Wildman–Crippen LogP) is 1.89. The van der Waals surface area contributed by atoms with Gasteiger partial charge < -0.3 is 10.2 Å². The van der Waals surface area contributed by atoms with E-state index >= 15 is 0 Å². The van der Waals surface area contributed by atoms with Gasteiger partial charge in [-0.3, -0.25) is 4.79 Å². The largest absolute Gasteiger partial charge is 0.507 e. The molecule has 0 amide bonds. The van der Waals surface area contributed by atoms with E-state index in [1.165, 1.54) is 24.3 Å². The fourth-order valence-corrected chi connectivity index (χ4v) is 1.02. The average molecular weight is 227 g/mol. The van der Waals surface area contributed by atoms with Crippen molar-refractivity contribution in [3.05, 3.63) is 40.9 Å². The summed E-state index contributed by atoms with van der Waals surface area (Å²) in [4.78, 5) is 20.9. The lowest BCUT2D eigenvalue weighted by molar-refractivity contribution is -0.146. The minimum Gasteiger partial charge on any atom is -0.507 e. The fourth-order valence-electron chi connectivity index (χ4n) is 0.890. The molecule has 0 aliphatic heterocycles. The van der Waals surface area contributed by atoms with E-state index in [1.54, 1.807) is 0 Å². The third-order valence-electron chi connectivity index (χ3n) is 1.62. The number of carboxylic acids is 1. The normalized spacial score (nSPS) is 11.1. The summed E-state index contributed by atoms with van der Waals surface area (Å²) in [6, 6.07) is 5.99. The lowest BCUT2D eigenvalue weighted by Gasteiger charge is -1.98. The summed E-state index contributed by atoms with van der Waals surface area (Å²) in [7, 11) is 0. The van der Waals surface area contributed by atoms with Crippen LogP contribution in [0.3, 0.4) is 0 Å². The van der Waals surface area contributed by atoms with Crippen LogP contribution < -0.4 is 0 Å². The van der Waals surface area contributed by atoms with Gasteiger partial charge in [0, 0.05) is 16.7 Å². The van der Waals surface area contributed by atoms with Crippen molar-refractivity contribution in [2.75, 3.05) is 0 Å². The summed E-state index contributed by atoms with van der Waals surface area (Å²) in [5.74, 6) is -3.20. The van der Waals surface area contributed by atoms with E-state index in [0.717, 1.165) is 0 Å². The number of aliphatic carboxylic acids is 1. The molecule has 0 aliphatic rings. The second-order valence-electron chi connectivity index (χ2n) is 2.71. The van der Waals surface area contributed by atoms with Gasteiger partial charge in [-0.1, -0.05) is 11.6 Å². The first-order valence-corrected chi connectivity index (χ1v) is 4.32. The molecule has 4 nitrogen and oxygen atoms in total. The second kappa shape index (κ2) is 4.61. The molecule has 0 aromatic heterocycles. The Labute approximate surface area is 90.4 Å². The van der Waals surface area contributed by atoms with Gasteiger partial charge in [0.15, 0.2) is 0 Å². The van der Waals surface area contributed by atoms with Crippen LogP contribution in [0, 0.1) is 0 Å². The highest BCUT2D eigenvalue weighted by atomic mass is 35.5. The van der Waals surface area contributed by atoms with Crippen molar-refractivity contribution in [1.82, 2.24) is 0 Å². The van der Waals surface area contributed by atoms with Gasteiger partial charge in [-0.15, -0.1) is 0 Å². The summed E-state index contributed by atoms with van der Waals surface area (Å²) in [5, 5.41) is 18.1. The Morgan fingerprint density at radius 3 is 2.13 bits per heavy atom. The van der Waals surface area contributed by atoms with Gasteiger partial charge in [-0.05, 0) is 24.3 Å². The first-order valence-electron chi connectivity index (χ1n) is 3.94.